The highest BCUT2D eigenvalue weighted by atomic mass is 19.4. The van der Waals surface area contributed by atoms with Crippen LogP contribution in [0.4, 0.5) is 19.0 Å². The number of hydrogen-bond acceptors (Lipinski definition) is 4. The first-order valence-corrected chi connectivity index (χ1v) is 7.65. The van der Waals surface area contributed by atoms with Crippen LogP contribution in [0.15, 0.2) is 18.2 Å². The molecule has 126 valence electrons. The van der Waals surface area contributed by atoms with Gasteiger partial charge in [0.25, 0.3) is 5.91 Å². The molecule has 0 radical (unpaired) electrons. The number of ether oxygens (including phenoxy) is 1. The van der Waals surface area contributed by atoms with Gasteiger partial charge in [0.15, 0.2) is 0 Å². The van der Waals surface area contributed by atoms with Crippen LogP contribution >= 0.6 is 0 Å². The van der Waals surface area contributed by atoms with Crippen LogP contribution in [0.2, 0.25) is 0 Å². The number of piperazine rings is 1. The summed E-state index contributed by atoms with van der Waals surface area (Å²) < 4.78 is 43.6. The van der Waals surface area contributed by atoms with Crippen molar-refractivity contribution in [1.82, 2.24) is 9.88 Å². The number of anilines is 1. The highest BCUT2D eigenvalue weighted by Crippen LogP contribution is 2.29. The number of nitrogens with zero attached hydrogens (tertiary/aromatic N) is 3. The molecule has 1 amide bonds. The first-order valence-electron chi connectivity index (χ1n) is 7.65. The van der Waals surface area contributed by atoms with Gasteiger partial charge in [0.1, 0.15) is 17.6 Å². The molecule has 1 atom stereocenters. The summed E-state index contributed by atoms with van der Waals surface area (Å²) in [5.74, 6) is 0.281. The molecule has 5 nitrogen and oxygen atoms in total. The van der Waals surface area contributed by atoms with Crippen molar-refractivity contribution in [2.24, 2.45) is 0 Å². The molecule has 0 N–H and O–H groups in total. The average molecular weight is 329 g/mol. The van der Waals surface area contributed by atoms with E-state index in [4.69, 9.17) is 4.74 Å². The molecule has 3 rings (SSSR count). The Morgan fingerprint density at radius 3 is 2.57 bits per heavy atom. The Labute approximate surface area is 132 Å². The number of pyridine rings is 1. The molecule has 0 bridgehead atoms. The van der Waals surface area contributed by atoms with Crippen molar-refractivity contribution in [1.29, 1.82) is 0 Å². The summed E-state index contributed by atoms with van der Waals surface area (Å²) in [5.41, 5.74) is -0.895. The molecule has 3 heterocycles. The number of carbonyl (C=O) groups excluding carboxylic acids is 1. The molecule has 0 aromatic carbocycles. The molecule has 2 aliphatic rings. The van der Waals surface area contributed by atoms with E-state index in [9.17, 15) is 18.0 Å². The molecule has 1 aromatic rings. The monoisotopic (exact) mass is 329 g/mol. The van der Waals surface area contributed by atoms with E-state index < -0.39 is 11.9 Å². The summed E-state index contributed by atoms with van der Waals surface area (Å²) in [6.45, 7) is 2.48. The van der Waals surface area contributed by atoms with E-state index in [1.807, 2.05) is 0 Å². The molecule has 2 fully saturated rings. The van der Waals surface area contributed by atoms with Crippen LogP contribution in [-0.4, -0.2) is 54.7 Å². The van der Waals surface area contributed by atoms with E-state index in [1.54, 1.807) is 15.9 Å². The zero-order valence-electron chi connectivity index (χ0n) is 12.6. The number of aromatic nitrogens is 1. The van der Waals surface area contributed by atoms with Gasteiger partial charge in [-0.05, 0) is 25.0 Å². The summed E-state index contributed by atoms with van der Waals surface area (Å²) >= 11 is 0. The number of rotatable bonds is 2. The highest BCUT2D eigenvalue weighted by Gasteiger charge is 2.34. The third-order valence-corrected chi connectivity index (χ3v) is 4.15. The van der Waals surface area contributed by atoms with Gasteiger partial charge in [-0.1, -0.05) is 6.07 Å². The third kappa shape index (κ3) is 3.57. The molecule has 1 aromatic heterocycles. The second-order valence-corrected chi connectivity index (χ2v) is 5.69. The maximum absolute atomic E-state index is 12.7. The first-order chi connectivity index (χ1) is 10.9. The minimum absolute atomic E-state index is 0.0147. The van der Waals surface area contributed by atoms with Gasteiger partial charge in [-0.15, -0.1) is 0 Å². The van der Waals surface area contributed by atoms with Gasteiger partial charge in [0.05, 0.1) is 0 Å². The predicted molar refractivity (Wildman–Crippen MR) is 77.0 cm³/mol. The summed E-state index contributed by atoms with van der Waals surface area (Å²) in [7, 11) is 0. The van der Waals surface area contributed by atoms with Gasteiger partial charge in [-0.25, -0.2) is 4.98 Å². The van der Waals surface area contributed by atoms with Crippen LogP contribution in [0.5, 0.6) is 0 Å². The van der Waals surface area contributed by atoms with Gasteiger partial charge in [0, 0.05) is 32.8 Å². The lowest BCUT2D eigenvalue weighted by molar-refractivity contribution is -0.141. The zero-order valence-corrected chi connectivity index (χ0v) is 12.6. The Balaban J connectivity index is 1.61. The molecule has 2 aliphatic heterocycles. The molecule has 0 aliphatic carbocycles. The SMILES string of the molecule is O=C([C@H]1CCCO1)N1CCN(c2cccc(C(F)(F)F)n2)CC1. The van der Waals surface area contributed by atoms with Crippen molar-refractivity contribution < 1.29 is 22.7 Å². The smallest absolute Gasteiger partial charge is 0.368 e. The molecule has 0 unspecified atom stereocenters. The summed E-state index contributed by atoms with van der Waals surface area (Å²) in [6.07, 6.45) is -3.17. The number of amides is 1. The fraction of sp³-hybridized carbons (Fsp3) is 0.600. The quantitative estimate of drug-likeness (QED) is 0.832. The van der Waals surface area contributed by atoms with Gasteiger partial charge in [-0.2, -0.15) is 13.2 Å². The van der Waals surface area contributed by atoms with Gasteiger partial charge in [-0.3, -0.25) is 4.79 Å². The second-order valence-electron chi connectivity index (χ2n) is 5.69. The van der Waals surface area contributed by atoms with Crippen LogP contribution in [0, 0.1) is 0 Å². The zero-order chi connectivity index (χ0) is 16.4. The van der Waals surface area contributed by atoms with Crippen LogP contribution in [0.3, 0.4) is 0 Å². The van der Waals surface area contributed by atoms with Crippen molar-refractivity contribution >= 4 is 11.7 Å². The Hall–Kier alpha value is -1.83. The lowest BCUT2D eigenvalue weighted by Crippen LogP contribution is -2.51. The summed E-state index contributed by atoms with van der Waals surface area (Å²) in [5, 5.41) is 0. The molecule has 2 saturated heterocycles. The Morgan fingerprint density at radius 2 is 1.96 bits per heavy atom. The van der Waals surface area contributed by atoms with Crippen molar-refractivity contribution in [2.45, 2.75) is 25.1 Å². The van der Waals surface area contributed by atoms with E-state index in [0.29, 0.717) is 38.6 Å². The largest absolute Gasteiger partial charge is 0.433 e. The Morgan fingerprint density at radius 1 is 1.22 bits per heavy atom. The Bertz CT molecular complexity index is 565. The maximum Gasteiger partial charge on any atom is 0.433 e. The van der Waals surface area contributed by atoms with Crippen LogP contribution in [0.25, 0.3) is 0 Å². The van der Waals surface area contributed by atoms with Crippen molar-refractivity contribution in [3.05, 3.63) is 23.9 Å². The maximum atomic E-state index is 12.7. The molecule has 0 saturated carbocycles. The third-order valence-electron chi connectivity index (χ3n) is 4.15. The van der Waals surface area contributed by atoms with Crippen molar-refractivity contribution in [3.8, 4) is 0 Å². The standard InChI is InChI=1S/C15H18F3N3O2/c16-15(17,18)12-4-1-5-13(19-12)20-6-8-21(9-7-20)14(22)11-3-2-10-23-11/h1,4-5,11H,2-3,6-10H2/t11-/m1/s1. The second kappa shape index (κ2) is 6.35. The average Bonchev–Trinajstić information content (AvgIpc) is 3.08. The fourth-order valence-corrected chi connectivity index (χ4v) is 2.89. The predicted octanol–water partition coefficient (Wildman–Crippen LogP) is 1.93. The summed E-state index contributed by atoms with van der Waals surface area (Å²) in [6, 6.07) is 3.88. The Kier molecular flexibility index (Phi) is 4.43. The number of carbonyl (C=O) groups is 1. The number of halogens is 3. The molecule has 8 heteroatoms. The van der Waals surface area contributed by atoms with E-state index >= 15 is 0 Å². The number of hydrogen-bond donors (Lipinski definition) is 0. The molecule has 0 spiro atoms. The van der Waals surface area contributed by atoms with Crippen molar-refractivity contribution in [2.75, 3.05) is 37.7 Å². The van der Waals surface area contributed by atoms with Gasteiger partial charge < -0.3 is 14.5 Å². The lowest BCUT2D eigenvalue weighted by atomic mass is 10.2. The van der Waals surface area contributed by atoms with E-state index in [-0.39, 0.29) is 12.0 Å². The topological polar surface area (TPSA) is 45.7 Å². The van der Waals surface area contributed by atoms with E-state index in [2.05, 4.69) is 4.98 Å². The minimum atomic E-state index is -4.45. The molecule has 23 heavy (non-hydrogen) atoms. The fourth-order valence-electron chi connectivity index (χ4n) is 2.89. The van der Waals surface area contributed by atoms with E-state index in [0.717, 1.165) is 18.9 Å². The van der Waals surface area contributed by atoms with Crippen LogP contribution in [-0.2, 0) is 15.7 Å². The number of alkyl halides is 3. The normalized spacial score (nSPS) is 22.5. The van der Waals surface area contributed by atoms with Crippen LogP contribution < -0.4 is 4.90 Å². The first kappa shape index (κ1) is 16.0. The lowest BCUT2D eigenvalue weighted by Gasteiger charge is -2.36. The molecular formula is C15H18F3N3O2. The van der Waals surface area contributed by atoms with Gasteiger partial charge in [0.2, 0.25) is 0 Å². The van der Waals surface area contributed by atoms with Gasteiger partial charge >= 0.3 is 6.18 Å². The van der Waals surface area contributed by atoms with Crippen molar-refractivity contribution in [3.63, 3.8) is 0 Å². The van der Waals surface area contributed by atoms with E-state index in [1.165, 1.54) is 6.07 Å². The highest BCUT2D eigenvalue weighted by molar-refractivity contribution is 5.81. The van der Waals surface area contributed by atoms with Crippen LogP contribution in [0.1, 0.15) is 18.5 Å². The minimum Gasteiger partial charge on any atom is -0.368 e. The molecular weight excluding hydrogens is 311 g/mol. The summed E-state index contributed by atoms with van der Waals surface area (Å²) in [4.78, 5) is 19.4.